The highest BCUT2D eigenvalue weighted by molar-refractivity contribution is 6.30. The summed E-state index contributed by atoms with van der Waals surface area (Å²) in [5, 5.41) is 17.0. The summed E-state index contributed by atoms with van der Waals surface area (Å²) in [7, 11) is 0. The van der Waals surface area contributed by atoms with Crippen LogP contribution in [0.3, 0.4) is 0 Å². The third-order valence-electron chi connectivity index (χ3n) is 9.89. The standard InChI is InChI=1S/C47H27N3O/c48-28-29-9-8-12-33(25-29)30-17-19-31(20-18-30)34-21-23-36-37-24-22-35(27-41(37)46-44(40(36)26-34)39-14-5-7-16-43(39)51-46)47-49-42-15-6-4-13-38(42)45(50-47)32-10-2-1-3-11-32/h1-27H. The Kier molecular flexibility index (Phi) is 6.52. The normalized spacial score (nSPS) is 11.5. The maximum Gasteiger partial charge on any atom is 0.160 e. The largest absolute Gasteiger partial charge is 0.455 e. The van der Waals surface area contributed by atoms with E-state index in [1.165, 1.54) is 0 Å². The van der Waals surface area contributed by atoms with E-state index in [-0.39, 0.29) is 0 Å². The fourth-order valence-corrected chi connectivity index (χ4v) is 7.42. The number of fused-ring (bicyclic) bond motifs is 9. The minimum Gasteiger partial charge on any atom is -0.455 e. The van der Waals surface area contributed by atoms with Gasteiger partial charge in [0.1, 0.15) is 11.2 Å². The molecule has 0 aliphatic rings. The molecule has 0 unspecified atom stereocenters. The van der Waals surface area contributed by atoms with Crippen LogP contribution in [0.5, 0.6) is 0 Å². The first-order valence-electron chi connectivity index (χ1n) is 17.0. The highest BCUT2D eigenvalue weighted by Crippen LogP contribution is 2.43. The second-order valence-corrected chi connectivity index (χ2v) is 12.9. The van der Waals surface area contributed by atoms with E-state index in [4.69, 9.17) is 14.4 Å². The van der Waals surface area contributed by atoms with Crippen molar-refractivity contribution in [2.24, 2.45) is 0 Å². The summed E-state index contributed by atoms with van der Waals surface area (Å²) in [6.45, 7) is 0. The van der Waals surface area contributed by atoms with Gasteiger partial charge in [0.05, 0.1) is 22.8 Å². The molecule has 0 atom stereocenters. The summed E-state index contributed by atoms with van der Waals surface area (Å²) < 4.78 is 6.69. The van der Waals surface area contributed by atoms with E-state index in [0.29, 0.717) is 11.4 Å². The van der Waals surface area contributed by atoms with Gasteiger partial charge in [0.15, 0.2) is 5.82 Å². The molecular formula is C47H27N3O. The summed E-state index contributed by atoms with van der Waals surface area (Å²) in [4.78, 5) is 10.2. The summed E-state index contributed by atoms with van der Waals surface area (Å²) in [6.07, 6.45) is 0. The van der Waals surface area contributed by atoms with Crippen LogP contribution in [0.1, 0.15) is 5.56 Å². The molecule has 2 aromatic heterocycles. The topological polar surface area (TPSA) is 62.7 Å². The molecule has 8 aromatic carbocycles. The van der Waals surface area contributed by atoms with Crippen molar-refractivity contribution in [2.75, 3.05) is 0 Å². The van der Waals surface area contributed by atoms with E-state index in [1.54, 1.807) is 0 Å². The number of para-hydroxylation sites is 2. The van der Waals surface area contributed by atoms with Crippen molar-refractivity contribution in [1.82, 2.24) is 9.97 Å². The molecule has 4 heteroatoms. The lowest BCUT2D eigenvalue weighted by Crippen LogP contribution is -1.95. The second kappa shape index (κ2) is 11.5. The summed E-state index contributed by atoms with van der Waals surface area (Å²) >= 11 is 0. The fraction of sp³-hybridized carbons (Fsp3) is 0. The summed E-state index contributed by atoms with van der Waals surface area (Å²) in [5.41, 5.74) is 10.5. The van der Waals surface area contributed by atoms with Crippen LogP contribution >= 0.6 is 0 Å². The molecule has 0 radical (unpaired) electrons. The van der Waals surface area contributed by atoms with Gasteiger partial charge in [-0.15, -0.1) is 0 Å². The lowest BCUT2D eigenvalue weighted by atomic mass is 9.92. The first kappa shape index (κ1) is 28.9. The molecule has 2 heterocycles. The van der Waals surface area contributed by atoms with Crippen LogP contribution in [0.2, 0.25) is 0 Å². The number of furan rings is 1. The number of hydrogen-bond donors (Lipinski definition) is 0. The third kappa shape index (κ3) is 4.75. The molecule has 10 rings (SSSR count). The molecule has 0 bridgehead atoms. The molecule has 10 aromatic rings. The van der Waals surface area contributed by atoms with E-state index in [1.807, 2.05) is 66.7 Å². The molecule has 0 aliphatic carbocycles. The molecule has 51 heavy (non-hydrogen) atoms. The number of hydrogen-bond acceptors (Lipinski definition) is 4. The highest BCUT2D eigenvalue weighted by Gasteiger charge is 2.19. The van der Waals surface area contributed by atoms with Crippen molar-refractivity contribution in [3.05, 3.63) is 169 Å². The highest BCUT2D eigenvalue weighted by atomic mass is 16.3. The third-order valence-corrected chi connectivity index (χ3v) is 9.89. The number of nitrogens with zero attached hydrogens (tertiary/aromatic N) is 3. The van der Waals surface area contributed by atoms with Gasteiger partial charge in [-0.2, -0.15) is 5.26 Å². The number of nitriles is 1. The maximum atomic E-state index is 9.37. The Balaban J connectivity index is 1.16. The Hall–Kier alpha value is -7.09. The van der Waals surface area contributed by atoms with E-state index in [2.05, 4.69) is 103 Å². The molecule has 0 aliphatic heterocycles. The van der Waals surface area contributed by atoms with Crippen molar-refractivity contribution in [3.63, 3.8) is 0 Å². The van der Waals surface area contributed by atoms with Crippen molar-refractivity contribution < 1.29 is 4.42 Å². The quantitative estimate of drug-likeness (QED) is 0.178. The van der Waals surface area contributed by atoms with Crippen LogP contribution in [0.4, 0.5) is 0 Å². The van der Waals surface area contributed by atoms with E-state index in [0.717, 1.165) is 93.5 Å². The van der Waals surface area contributed by atoms with E-state index < -0.39 is 0 Å². The molecule has 0 saturated carbocycles. The monoisotopic (exact) mass is 649 g/mol. The number of benzene rings is 8. The molecule has 236 valence electrons. The van der Waals surface area contributed by atoms with Gasteiger partial charge in [0.25, 0.3) is 0 Å². The lowest BCUT2D eigenvalue weighted by Gasteiger charge is -2.12. The Morgan fingerprint density at radius 1 is 0.431 bits per heavy atom. The van der Waals surface area contributed by atoms with Gasteiger partial charge in [-0.25, -0.2) is 9.97 Å². The van der Waals surface area contributed by atoms with Gasteiger partial charge in [-0.1, -0.05) is 127 Å². The summed E-state index contributed by atoms with van der Waals surface area (Å²) in [5.74, 6) is 0.678. The van der Waals surface area contributed by atoms with Crippen LogP contribution in [0, 0.1) is 11.3 Å². The molecule has 0 saturated heterocycles. The minimum atomic E-state index is 0.656. The van der Waals surface area contributed by atoms with Crippen molar-refractivity contribution in [3.8, 4) is 51.0 Å². The zero-order chi connectivity index (χ0) is 33.9. The van der Waals surface area contributed by atoms with Gasteiger partial charge in [0, 0.05) is 32.7 Å². The van der Waals surface area contributed by atoms with Crippen LogP contribution in [-0.2, 0) is 0 Å². The molecule has 0 N–H and O–H groups in total. The maximum absolute atomic E-state index is 9.37. The van der Waals surface area contributed by atoms with Gasteiger partial charge in [0.2, 0.25) is 0 Å². The summed E-state index contributed by atoms with van der Waals surface area (Å²) in [6, 6.07) is 58.5. The van der Waals surface area contributed by atoms with Crippen LogP contribution in [0.25, 0.3) is 99.3 Å². The zero-order valence-corrected chi connectivity index (χ0v) is 27.3. The number of aromatic nitrogens is 2. The minimum absolute atomic E-state index is 0.656. The first-order valence-corrected chi connectivity index (χ1v) is 17.0. The lowest BCUT2D eigenvalue weighted by molar-refractivity contribution is 0.673. The van der Waals surface area contributed by atoms with E-state index >= 15 is 0 Å². The van der Waals surface area contributed by atoms with Gasteiger partial charge < -0.3 is 4.42 Å². The smallest absolute Gasteiger partial charge is 0.160 e. The second-order valence-electron chi connectivity index (χ2n) is 12.9. The average Bonchev–Trinajstić information content (AvgIpc) is 3.61. The van der Waals surface area contributed by atoms with Crippen molar-refractivity contribution in [1.29, 1.82) is 5.26 Å². The van der Waals surface area contributed by atoms with Crippen LogP contribution in [0.15, 0.2) is 168 Å². The molecule has 0 amide bonds. The Morgan fingerprint density at radius 3 is 1.86 bits per heavy atom. The fourth-order valence-electron chi connectivity index (χ4n) is 7.42. The van der Waals surface area contributed by atoms with Gasteiger partial charge in [-0.3, -0.25) is 0 Å². The molecular weight excluding hydrogens is 623 g/mol. The molecule has 4 nitrogen and oxygen atoms in total. The van der Waals surface area contributed by atoms with Crippen molar-refractivity contribution in [2.45, 2.75) is 0 Å². The van der Waals surface area contributed by atoms with Gasteiger partial charge in [-0.05, 0) is 74.8 Å². The Bertz CT molecular complexity index is 3030. The SMILES string of the molecule is N#Cc1cccc(-c2ccc(-c3ccc4c5ccc(-c6nc(-c7ccccc7)c7ccccc7n6)cc5c5oc6ccccc6c5c4c3)cc2)c1. The predicted octanol–water partition coefficient (Wildman–Crippen LogP) is 12.4. The predicted molar refractivity (Wildman–Crippen MR) is 208 cm³/mol. The zero-order valence-electron chi connectivity index (χ0n) is 27.3. The molecule has 0 fully saturated rings. The van der Waals surface area contributed by atoms with Crippen LogP contribution in [-0.4, -0.2) is 9.97 Å². The number of rotatable bonds is 4. The van der Waals surface area contributed by atoms with Crippen LogP contribution < -0.4 is 0 Å². The first-order chi connectivity index (χ1) is 25.2. The Morgan fingerprint density at radius 2 is 1.06 bits per heavy atom. The van der Waals surface area contributed by atoms with Gasteiger partial charge >= 0.3 is 0 Å². The molecule has 0 spiro atoms. The van der Waals surface area contributed by atoms with E-state index in [9.17, 15) is 5.26 Å². The average molecular weight is 650 g/mol. The Labute approximate surface area is 293 Å². The van der Waals surface area contributed by atoms with Crippen molar-refractivity contribution >= 4 is 54.4 Å².